The highest BCUT2D eigenvalue weighted by molar-refractivity contribution is 8.13. The highest BCUT2D eigenvalue weighted by atomic mass is 32.2. The topological polar surface area (TPSA) is 41.6 Å². The SMILES string of the molecule is CN=C(SC)N1CCCC1c1cc(-c2cccc(F)c2)on1. The summed E-state index contributed by atoms with van der Waals surface area (Å²) in [5.41, 5.74) is 1.59. The van der Waals surface area contributed by atoms with Crippen LogP contribution in [0.2, 0.25) is 0 Å². The van der Waals surface area contributed by atoms with Crippen molar-refractivity contribution in [1.82, 2.24) is 10.1 Å². The molecule has 2 heterocycles. The molecule has 1 aromatic heterocycles. The molecule has 0 saturated carbocycles. The summed E-state index contributed by atoms with van der Waals surface area (Å²) in [6, 6.07) is 8.45. The maximum Gasteiger partial charge on any atom is 0.167 e. The van der Waals surface area contributed by atoms with E-state index in [4.69, 9.17) is 4.52 Å². The second-order valence-electron chi connectivity index (χ2n) is 5.19. The predicted molar refractivity (Wildman–Crippen MR) is 87.5 cm³/mol. The van der Waals surface area contributed by atoms with E-state index in [9.17, 15) is 4.39 Å². The van der Waals surface area contributed by atoms with E-state index in [2.05, 4.69) is 15.0 Å². The molecule has 1 aliphatic heterocycles. The third kappa shape index (κ3) is 2.88. The first-order valence-electron chi connectivity index (χ1n) is 7.23. The molecule has 1 unspecified atom stereocenters. The molecule has 0 bridgehead atoms. The van der Waals surface area contributed by atoms with Gasteiger partial charge in [0.05, 0.1) is 6.04 Å². The summed E-state index contributed by atoms with van der Waals surface area (Å²) in [5, 5.41) is 5.21. The van der Waals surface area contributed by atoms with Gasteiger partial charge in [-0.15, -0.1) is 0 Å². The van der Waals surface area contributed by atoms with Gasteiger partial charge in [0, 0.05) is 25.2 Å². The molecule has 0 N–H and O–H groups in total. The van der Waals surface area contributed by atoms with Gasteiger partial charge in [-0.05, 0) is 31.2 Å². The number of benzene rings is 1. The lowest BCUT2D eigenvalue weighted by atomic mass is 10.1. The van der Waals surface area contributed by atoms with Crippen molar-refractivity contribution < 1.29 is 8.91 Å². The Morgan fingerprint density at radius 2 is 2.32 bits per heavy atom. The van der Waals surface area contributed by atoms with Crippen LogP contribution < -0.4 is 0 Å². The quantitative estimate of drug-likeness (QED) is 0.620. The summed E-state index contributed by atoms with van der Waals surface area (Å²) in [6.45, 7) is 0.973. The molecule has 1 atom stereocenters. The van der Waals surface area contributed by atoms with Crippen molar-refractivity contribution >= 4 is 16.9 Å². The molecule has 0 spiro atoms. The minimum atomic E-state index is -0.277. The van der Waals surface area contributed by atoms with Gasteiger partial charge in [-0.2, -0.15) is 0 Å². The molecule has 3 rings (SSSR count). The van der Waals surface area contributed by atoms with Crippen molar-refractivity contribution in [2.75, 3.05) is 19.8 Å². The van der Waals surface area contributed by atoms with Gasteiger partial charge in [0.2, 0.25) is 0 Å². The standard InChI is InChI=1S/C16H18FN3OS/c1-18-16(22-2)20-8-4-7-14(20)13-10-15(21-19-13)11-5-3-6-12(17)9-11/h3,5-6,9-10,14H,4,7-8H2,1-2H3. The largest absolute Gasteiger partial charge is 0.356 e. The molecule has 0 aliphatic carbocycles. The Kier molecular flexibility index (Phi) is 4.47. The fourth-order valence-electron chi connectivity index (χ4n) is 2.86. The van der Waals surface area contributed by atoms with Crippen LogP contribution >= 0.6 is 11.8 Å². The second kappa shape index (κ2) is 6.52. The van der Waals surface area contributed by atoms with Crippen LogP contribution in [0.15, 0.2) is 39.8 Å². The number of likely N-dealkylation sites (tertiary alicyclic amines) is 1. The summed E-state index contributed by atoms with van der Waals surface area (Å²) in [4.78, 5) is 6.60. The number of nitrogens with zero attached hydrogens (tertiary/aromatic N) is 3. The van der Waals surface area contributed by atoms with E-state index in [1.807, 2.05) is 25.4 Å². The van der Waals surface area contributed by atoms with Gasteiger partial charge >= 0.3 is 0 Å². The van der Waals surface area contributed by atoms with Gasteiger partial charge in [-0.1, -0.05) is 29.1 Å². The Morgan fingerprint density at radius 3 is 3.05 bits per heavy atom. The molecule has 2 aromatic rings. The van der Waals surface area contributed by atoms with Crippen LogP contribution in [0.5, 0.6) is 0 Å². The Bertz CT molecular complexity index is 686. The van der Waals surface area contributed by atoms with Crippen molar-refractivity contribution in [3.8, 4) is 11.3 Å². The number of aromatic nitrogens is 1. The van der Waals surface area contributed by atoms with Gasteiger partial charge in [0.15, 0.2) is 10.9 Å². The normalized spacial score (nSPS) is 19.0. The Morgan fingerprint density at radius 1 is 1.45 bits per heavy atom. The van der Waals surface area contributed by atoms with Crippen molar-refractivity contribution in [3.05, 3.63) is 41.8 Å². The van der Waals surface area contributed by atoms with E-state index in [-0.39, 0.29) is 11.9 Å². The summed E-state index contributed by atoms with van der Waals surface area (Å²) in [7, 11) is 1.81. The summed E-state index contributed by atoms with van der Waals surface area (Å²) < 4.78 is 18.8. The predicted octanol–water partition coefficient (Wildman–Crippen LogP) is 3.97. The first kappa shape index (κ1) is 15.1. The summed E-state index contributed by atoms with van der Waals surface area (Å²) in [6.07, 6.45) is 4.15. The van der Waals surface area contributed by atoms with Gasteiger partial charge in [0.1, 0.15) is 11.5 Å². The van der Waals surface area contributed by atoms with Gasteiger partial charge < -0.3 is 9.42 Å². The number of halogens is 1. The third-order valence-electron chi connectivity index (χ3n) is 3.85. The van der Waals surface area contributed by atoms with E-state index in [0.29, 0.717) is 11.3 Å². The van der Waals surface area contributed by atoms with Crippen LogP contribution in [-0.2, 0) is 0 Å². The van der Waals surface area contributed by atoms with Crippen molar-refractivity contribution in [2.45, 2.75) is 18.9 Å². The Balaban J connectivity index is 1.87. The van der Waals surface area contributed by atoms with Crippen LogP contribution in [0.3, 0.4) is 0 Å². The summed E-state index contributed by atoms with van der Waals surface area (Å²) in [5.74, 6) is 0.321. The zero-order chi connectivity index (χ0) is 15.5. The zero-order valence-corrected chi connectivity index (χ0v) is 13.4. The van der Waals surface area contributed by atoms with Crippen LogP contribution in [0, 0.1) is 5.82 Å². The smallest absolute Gasteiger partial charge is 0.167 e. The fourth-order valence-corrected chi connectivity index (χ4v) is 3.50. The van der Waals surface area contributed by atoms with E-state index in [1.54, 1.807) is 17.8 Å². The fraction of sp³-hybridized carbons (Fsp3) is 0.375. The average molecular weight is 319 g/mol. The highest BCUT2D eigenvalue weighted by Gasteiger charge is 2.30. The lowest BCUT2D eigenvalue weighted by Gasteiger charge is -2.24. The third-order valence-corrected chi connectivity index (χ3v) is 4.63. The van der Waals surface area contributed by atoms with Crippen LogP contribution in [0.25, 0.3) is 11.3 Å². The molecular weight excluding hydrogens is 301 g/mol. The molecule has 1 fully saturated rings. The van der Waals surface area contributed by atoms with Crippen molar-refractivity contribution in [3.63, 3.8) is 0 Å². The molecule has 116 valence electrons. The molecule has 4 nitrogen and oxygen atoms in total. The first-order chi connectivity index (χ1) is 10.7. The van der Waals surface area contributed by atoms with Crippen LogP contribution in [0.1, 0.15) is 24.6 Å². The number of aliphatic imine (C=N–C) groups is 1. The van der Waals surface area contributed by atoms with Crippen LogP contribution in [-0.4, -0.2) is 35.1 Å². The monoisotopic (exact) mass is 319 g/mol. The van der Waals surface area contributed by atoms with Gasteiger partial charge in [-0.3, -0.25) is 4.99 Å². The Hall–Kier alpha value is -1.82. The minimum absolute atomic E-state index is 0.178. The highest BCUT2D eigenvalue weighted by Crippen LogP contribution is 2.35. The molecule has 0 amide bonds. The molecule has 1 aromatic carbocycles. The number of rotatable bonds is 2. The summed E-state index contributed by atoms with van der Waals surface area (Å²) >= 11 is 1.64. The Labute approximate surface area is 133 Å². The van der Waals surface area contributed by atoms with Gasteiger partial charge in [-0.25, -0.2) is 4.39 Å². The molecular formula is C16H18FN3OS. The lowest BCUT2D eigenvalue weighted by molar-refractivity contribution is 0.362. The lowest BCUT2D eigenvalue weighted by Crippen LogP contribution is -2.28. The molecule has 0 radical (unpaired) electrons. The van der Waals surface area contributed by atoms with Gasteiger partial charge in [0.25, 0.3) is 0 Å². The van der Waals surface area contributed by atoms with Crippen LogP contribution in [0.4, 0.5) is 4.39 Å². The van der Waals surface area contributed by atoms with E-state index in [0.717, 1.165) is 30.2 Å². The maximum absolute atomic E-state index is 13.3. The first-order valence-corrected chi connectivity index (χ1v) is 8.45. The number of hydrogen-bond acceptors (Lipinski definition) is 4. The number of amidine groups is 1. The van der Waals surface area contributed by atoms with Crippen molar-refractivity contribution in [2.24, 2.45) is 4.99 Å². The molecule has 1 aliphatic rings. The molecule has 22 heavy (non-hydrogen) atoms. The minimum Gasteiger partial charge on any atom is -0.356 e. The molecule has 1 saturated heterocycles. The van der Waals surface area contributed by atoms with E-state index >= 15 is 0 Å². The second-order valence-corrected chi connectivity index (χ2v) is 5.96. The maximum atomic E-state index is 13.3. The van der Waals surface area contributed by atoms with E-state index in [1.165, 1.54) is 12.1 Å². The zero-order valence-electron chi connectivity index (χ0n) is 12.6. The molecule has 6 heteroatoms. The van der Waals surface area contributed by atoms with E-state index < -0.39 is 0 Å². The number of hydrogen-bond donors (Lipinski definition) is 0. The van der Waals surface area contributed by atoms with Crippen molar-refractivity contribution in [1.29, 1.82) is 0 Å². The number of thioether (sulfide) groups is 1. The average Bonchev–Trinajstić information content (AvgIpc) is 3.17.